The first-order valence-corrected chi connectivity index (χ1v) is 10.2. The van der Waals surface area contributed by atoms with Gasteiger partial charge in [-0.05, 0) is 36.2 Å². The summed E-state index contributed by atoms with van der Waals surface area (Å²) in [5.41, 5.74) is 0.667. The molecule has 2 aromatic rings. The topological polar surface area (TPSA) is 102 Å². The second-order valence-electron chi connectivity index (χ2n) is 6.15. The zero-order chi connectivity index (χ0) is 19.3. The molecule has 0 saturated heterocycles. The molecule has 0 fully saturated rings. The van der Waals surface area contributed by atoms with Crippen LogP contribution in [0.3, 0.4) is 0 Å². The minimum atomic E-state index is -3.48. The Morgan fingerprint density at radius 2 is 1.85 bits per heavy atom. The maximum absolute atomic E-state index is 12.2. The van der Waals surface area contributed by atoms with Crippen molar-refractivity contribution in [1.29, 1.82) is 0 Å². The number of benzene rings is 2. The highest BCUT2D eigenvalue weighted by Gasteiger charge is 2.18. The van der Waals surface area contributed by atoms with E-state index in [4.69, 9.17) is 9.47 Å². The standard InChI is InChI=1S/C19H21NO6S/c21-16(14-6-7-17-18(12-14)26-13-25-17)8-10-20-19(22)9-11-27(23,24)15-4-2-1-3-5-15/h1-7,12,16,21H,8-11,13H2,(H,20,22). The second-order valence-corrected chi connectivity index (χ2v) is 8.26. The summed E-state index contributed by atoms with van der Waals surface area (Å²) in [7, 11) is -3.48. The summed E-state index contributed by atoms with van der Waals surface area (Å²) >= 11 is 0. The lowest BCUT2D eigenvalue weighted by molar-refractivity contribution is -0.120. The fourth-order valence-electron chi connectivity index (χ4n) is 2.70. The van der Waals surface area contributed by atoms with E-state index in [1.54, 1.807) is 36.4 Å². The fraction of sp³-hybridized carbons (Fsp3) is 0.316. The number of carbonyl (C=O) groups is 1. The van der Waals surface area contributed by atoms with Gasteiger partial charge in [0.2, 0.25) is 12.7 Å². The zero-order valence-corrected chi connectivity index (χ0v) is 15.4. The van der Waals surface area contributed by atoms with Crippen molar-refractivity contribution < 1.29 is 27.8 Å². The van der Waals surface area contributed by atoms with Crippen LogP contribution in [0.1, 0.15) is 24.5 Å². The van der Waals surface area contributed by atoms with E-state index < -0.39 is 15.9 Å². The van der Waals surface area contributed by atoms with Crippen LogP contribution in [-0.2, 0) is 14.6 Å². The van der Waals surface area contributed by atoms with E-state index in [-0.39, 0.29) is 36.3 Å². The van der Waals surface area contributed by atoms with Crippen LogP contribution in [0.15, 0.2) is 53.4 Å². The van der Waals surface area contributed by atoms with E-state index >= 15 is 0 Å². The molecule has 0 aromatic heterocycles. The lowest BCUT2D eigenvalue weighted by Crippen LogP contribution is -2.27. The van der Waals surface area contributed by atoms with Gasteiger partial charge in [-0.15, -0.1) is 0 Å². The Morgan fingerprint density at radius 3 is 2.63 bits per heavy atom. The molecule has 7 nitrogen and oxygen atoms in total. The van der Waals surface area contributed by atoms with Gasteiger partial charge < -0.3 is 19.9 Å². The molecule has 0 aliphatic carbocycles. The Hall–Kier alpha value is -2.58. The molecule has 0 spiro atoms. The van der Waals surface area contributed by atoms with Crippen LogP contribution in [-0.4, -0.2) is 38.5 Å². The van der Waals surface area contributed by atoms with Crippen LogP contribution < -0.4 is 14.8 Å². The van der Waals surface area contributed by atoms with Gasteiger partial charge in [0.15, 0.2) is 21.3 Å². The monoisotopic (exact) mass is 391 g/mol. The lowest BCUT2D eigenvalue weighted by atomic mass is 10.1. The molecular formula is C19H21NO6S. The summed E-state index contributed by atoms with van der Waals surface area (Å²) in [6.07, 6.45) is -0.596. The number of hydrogen-bond acceptors (Lipinski definition) is 6. The molecule has 2 aromatic carbocycles. The third-order valence-electron chi connectivity index (χ3n) is 4.22. The normalized spacial score (nSPS) is 14.0. The van der Waals surface area contributed by atoms with E-state index in [9.17, 15) is 18.3 Å². The van der Waals surface area contributed by atoms with E-state index in [0.29, 0.717) is 23.5 Å². The number of fused-ring (bicyclic) bond motifs is 1. The summed E-state index contributed by atoms with van der Waals surface area (Å²) in [5, 5.41) is 12.9. The third kappa shape index (κ3) is 4.99. The van der Waals surface area contributed by atoms with Crippen molar-refractivity contribution >= 4 is 15.7 Å². The van der Waals surface area contributed by atoms with Gasteiger partial charge in [0.1, 0.15) is 0 Å². The molecular weight excluding hydrogens is 370 g/mol. The van der Waals surface area contributed by atoms with Crippen molar-refractivity contribution in [3.8, 4) is 11.5 Å². The van der Waals surface area contributed by atoms with Gasteiger partial charge in [0.25, 0.3) is 0 Å². The quantitative estimate of drug-likeness (QED) is 0.712. The third-order valence-corrected chi connectivity index (χ3v) is 5.95. The summed E-state index contributed by atoms with van der Waals surface area (Å²) in [5.74, 6) is 0.598. The van der Waals surface area contributed by atoms with Crippen molar-refractivity contribution in [3.63, 3.8) is 0 Å². The van der Waals surface area contributed by atoms with Gasteiger partial charge in [0, 0.05) is 13.0 Å². The summed E-state index contributed by atoms with van der Waals surface area (Å²) in [4.78, 5) is 12.1. The second kappa shape index (κ2) is 8.41. The highest BCUT2D eigenvalue weighted by molar-refractivity contribution is 7.91. The number of aliphatic hydroxyl groups excluding tert-OH is 1. The number of aliphatic hydroxyl groups is 1. The number of nitrogens with one attached hydrogen (secondary N) is 1. The first kappa shape index (κ1) is 19.2. The van der Waals surface area contributed by atoms with E-state index in [2.05, 4.69) is 5.32 Å². The maximum atomic E-state index is 12.2. The molecule has 0 saturated carbocycles. The van der Waals surface area contributed by atoms with Gasteiger partial charge in [0.05, 0.1) is 16.8 Å². The Kier molecular flexibility index (Phi) is 5.98. The molecule has 1 aliphatic rings. The van der Waals surface area contributed by atoms with Crippen LogP contribution in [0.25, 0.3) is 0 Å². The first-order valence-electron chi connectivity index (χ1n) is 8.58. The van der Waals surface area contributed by atoms with Crippen LogP contribution in [0.4, 0.5) is 0 Å². The molecule has 1 heterocycles. The minimum Gasteiger partial charge on any atom is -0.454 e. The van der Waals surface area contributed by atoms with E-state index in [1.165, 1.54) is 12.1 Å². The molecule has 144 valence electrons. The van der Waals surface area contributed by atoms with Crippen molar-refractivity contribution in [2.24, 2.45) is 0 Å². The molecule has 27 heavy (non-hydrogen) atoms. The molecule has 1 amide bonds. The average Bonchev–Trinajstić information content (AvgIpc) is 3.15. The van der Waals surface area contributed by atoms with Crippen molar-refractivity contribution in [1.82, 2.24) is 5.32 Å². The van der Waals surface area contributed by atoms with Gasteiger partial charge in [-0.2, -0.15) is 0 Å². The molecule has 0 radical (unpaired) electrons. The Labute approximate surface area is 157 Å². The van der Waals surface area contributed by atoms with Gasteiger partial charge >= 0.3 is 0 Å². The number of rotatable bonds is 8. The van der Waals surface area contributed by atoms with Gasteiger partial charge in [-0.3, -0.25) is 4.79 Å². The molecule has 8 heteroatoms. The van der Waals surface area contributed by atoms with E-state index in [1.807, 2.05) is 0 Å². The summed E-state index contributed by atoms with van der Waals surface area (Å²) in [6, 6.07) is 13.2. The van der Waals surface area contributed by atoms with E-state index in [0.717, 1.165) is 0 Å². The molecule has 1 atom stereocenters. The number of amides is 1. The summed E-state index contributed by atoms with van der Waals surface area (Å²) in [6.45, 7) is 0.399. The Balaban J connectivity index is 1.43. The molecule has 2 N–H and O–H groups in total. The van der Waals surface area contributed by atoms with Crippen LogP contribution >= 0.6 is 0 Å². The number of carbonyl (C=O) groups excluding carboxylic acids is 1. The van der Waals surface area contributed by atoms with Crippen molar-refractivity contribution in [2.45, 2.75) is 23.8 Å². The molecule has 3 rings (SSSR count). The highest BCUT2D eigenvalue weighted by Crippen LogP contribution is 2.34. The minimum absolute atomic E-state index is 0.128. The molecule has 1 aliphatic heterocycles. The predicted molar refractivity (Wildman–Crippen MR) is 98.3 cm³/mol. The number of hydrogen-bond donors (Lipinski definition) is 2. The average molecular weight is 391 g/mol. The maximum Gasteiger partial charge on any atom is 0.231 e. The Bertz CT molecular complexity index is 898. The first-order chi connectivity index (χ1) is 13.0. The largest absolute Gasteiger partial charge is 0.454 e. The van der Waals surface area contributed by atoms with Crippen molar-refractivity contribution in [3.05, 3.63) is 54.1 Å². The predicted octanol–water partition coefficient (Wildman–Crippen LogP) is 1.82. The van der Waals surface area contributed by atoms with Gasteiger partial charge in [-0.1, -0.05) is 24.3 Å². The SMILES string of the molecule is O=C(CCS(=O)(=O)c1ccccc1)NCCC(O)c1ccc2c(c1)OCO2. The van der Waals surface area contributed by atoms with Crippen LogP contribution in [0.5, 0.6) is 11.5 Å². The molecule has 1 unspecified atom stereocenters. The molecule has 0 bridgehead atoms. The highest BCUT2D eigenvalue weighted by atomic mass is 32.2. The van der Waals surface area contributed by atoms with Crippen molar-refractivity contribution in [2.75, 3.05) is 19.1 Å². The smallest absolute Gasteiger partial charge is 0.231 e. The van der Waals surface area contributed by atoms with Crippen LogP contribution in [0, 0.1) is 0 Å². The fourth-order valence-corrected chi connectivity index (χ4v) is 3.96. The zero-order valence-electron chi connectivity index (χ0n) is 14.6. The van der Waals surface area contributed by atoms with Gasteiger partial charge in [-0.25, -0.2) is 8.42 Å². The number of ether oxygens (including phenoxy) is 2. The Morgan fingerprint density at radius 1 is 1.11 bits per heavy atom. The lowest BCUT2D eigenvalue weighted by Gasteiger charge is -2.12. The van der Waals surface area contributed by atoms with Crippen LogP contribution in [0.2, 0.25) is 0 Å². The number of sulfone groups is 1. The summed E-state index contributed by atoms with van der Waals surface area (Å²) < 4.78 is 34.8.